The highest BCUT2D eigenvalue weighted by Gasteiger charge is 2.17. The molecule has 0 N–H and O–H groups in total. The van der Waals surface area contributed by atoms with Gasteiger partial charge in [-0.2, -0.15) is 4.98 Å². The lowest BCUT2D eigenvalue weighted by Gasteiger charge is -2.15. The zero-order chi connectivity index (χ0) is 21.7. The predicted octanol–water partition coefficient (Wildman–Crippen LogP) is 3.41. The van der Waals surface area contributed by atoms with Crippen molar-refractivity contribution in [2.24, 2.45) is 0 Å². The van der Waals surface area contributed by atoms with Crippen LogP contribution in [-0.2, 0) is 11.3 Å². The summed E-state index contributed by atoms with van der Waals surface area (Å²) < 4.78 is 21.5. The van der Waals surface area contributed by atoms with E-state index in [1.165, 1.54) is 10.5 Å². The lowest BCUT2D eigenvalue weighted by Crippen LogP contribution is -2.31. The molecule has 0 bridgehead atoms. The van der Waals surface area contributed by atoms with E-state index in [1.54, 1.807) is 39.5 Å². The van der Waals surface area contributed by atoms with Crippen molar-refractivity contribution in [2.75, 3.05) is 27.9 Å². The molecule has 1 amide bonds. The van der Waals surface area contributed by atoms with Gasteiger partial charge in [0, 0.05) is 13.1 Å². The topological polar surface area (TPSA) is 86.9 Å². The third-order valence-electron chi connectivity index (χ3n) is 4.76. The number of amides is 1. The number of aromatic nitrogens is 2. The fourth-order valence-corrected chi connectivity index (χ4v) is 2.76. The first-order valence-electron chi connectivity index (χ1n) is 9.40. The molecule has 0 fully saturated rings. The number of methoxy groups -OCH3 is 2. The molecule has 3 aromatic rings. The van der Waals surface area contributed by atoms with E-state index in [0.717, 1.165) is 5.56 Å². The molecule has 0 aliphatic carbocycles. The van der Waals surface area contributed by atoms with E-state index < -0.39 is 0 Å². The Morgan fingerprint density at radius 3 is 2.50 bits per heavy atom. The van der Waals surface area contributed by atoms with Crippen LogP contribution < -0.4 is 14.2 Å². The highest BCUT2D eigenvalue weighted by atomic mass is 16.5. The number of likely N-dealkylation sites (N-methyl/N-ethyl adjacent to an activating group) is 1. The molecule has 8 nitrogen and oxygen atoms in total. The van der Waals surface area contributed by atoms with Crippen LogP contribution in [0.5, 0.6) is 17.2 Å². The lowest BCUT2D eigenvalue weighted by atomic mass is 10.1. The number of hydrogen-bond acceptors (Lipinski definition) is 7. The van der Waals surface area contributed by atoms with Gasteiger partial charge in [0.2, 0.25) is 11.7 Å². The molecule has 0 spiro atoms. The molecule has 0 aliphatic heterocycles. The Balaban J connectivity index is 1.62. The minimum atomic E-state index is -0.199. The average molecular weight is 411 g/mol. The smallest absolute Gasteiger partial charge is 0.260 e. The first kappa shape index (κ1) is 21.2. The molecule has 0 atom stereocenters. The summed E-state index contributed by atoms with van der Waals surface area (Å²) in [5.41, 5.74) is 2.95. The van der Waals surface area contributed by atoms with Gasteiger partial charge in [0.1, 0.15) is 17.2 Å². The Bertz CT molecular complexity index is 1030. The number of benzene rings is 2. The van der Waals surface area contributed by atoms with Gasteiger partial charge in [-0.05, 0) is 49.2 Å². The van der Waals surface area contributed by atoms with E-state index in [1.807, 2.05) is 32.0 Å². The number of ether oxygens (including phenoxy) is 3. The highest BCUT2D eigenvalue weighted by molar-refractivity contribution is 5.77. The van der Waals surface area contributed by atoms with Crippen LogP contribution in [0.3, 0.4) is 0 Å². The number of hydrogen-bond donors (Lipinski definition) is 0. The molecule has 30 heavy (non-hydrogen) atoms. The second-order valence-corrected chi connectivity index (χ2v) is 6.86. The van der Waals surface area contributed by atoms with Gasteiger partial charge >= 0.3 is 0 Å². The minimum absolute atomic E-state index is 0.0771. The van der Waals surface area contributed by atoms with Gasteiger partial charge in [0.05, 0.1) is 26.3 Å². The zero-order valence-corrected chi connectivity index (χ0v) is 17.8. The van der Waals surface area contributed by atoms with Crippen molar-refractivity contribution in [3.05, 3.63) is 53.4 Å². The molecule has 0 saturated carbocycles. The van der Waals surface area contributed by atoms with Crippen LogP contribution in [0.15, 0.2) is 40.9 Å². The Morgan fingerprint density at radius 2 is 1.80 bits per heavy atom. The highest BCUT2D eigenvalue weighted by Crippen LogP contribution is 2.31. The van der Waals surface area contributed by atoms with Crippen molar-refractivity contribution in [2.45, 2.75) is 20.4 Å². The first-order valence-corrected chi connectivity index (χ1v) is 9.40. The number of nitrogens with zero attached hydrogens (tertiary/aromatic N) is 3. The SMILES string of the molecule is COc1ccc(-c2noc(CN(C)C(=O)COc3ccc(C)c(C)c3)n2)c(OC)c1. The van der Waals surface area contributed by atoms with Crippen LogP contribution in [0.4, 0.5) is 0 Å². The Kier molecular flexibility index (Phi) is 6.56. The summed E-state index contributed by atoms with van der Waals surface area (Å²) in [6.07, 6.45) is 0. The van der Waals surface area contributed by atoms with Crippen molar-refractivity contribution in [1.82, 2.24) is 15.0 Å². The maximum absolute atomic E-state index is 12.4. The maximum atomic E-state index is 12.4. The van der Waals surface area contributed by atoms with Gasteiger partial charge in [-0.3, -0.25) is 4.79 Å². The third-order valence-corrected chi connectivity index (χ3v) is 4.76. The Hall–Kier alpha value is -3.55. The molecule has 0 saturated heterocycles. The van der Waals surface area contributed by atoms with E-state index >= 15 is 0 Å². The molecule has 0 unspecified atom stereocenters. The number of aryl methyl sites for hydroxylation is 2. The van der Waals surface area contributed by atoms with E-state index in [4.69, 9.17) is 18.7 Å². The summed E-state index contributed by atoms with van der Waals surface area (Å²) in [4.78, 5) is 18.2. The van der Waals surface area contributed by atoms with E-state index in [0.29, 0.717) is 34.5 Å². The van der Waals surface area contributed by atoms with Gasteiger partial charge in [-0.25, -0.2) is 0 Å². The number of carbonyl (C=O) groups excluding carboxylic acids is 1. The van der Waals surface area contributed by atoms with E-state index in [-0.39, 0.29) is 19.1 Å². The third kappa shape index (κ3) is 4.89. The van der Waals surface area contributed by atoms with Crippen molar-refractivity contribution in [3.8, 4) is 28.6 Å². The zero-order valence-electron chi connectivity index (χ0n) is 17.8. The van der Waals surface area contributed by atoms with Crippen LogP contribution in [0.25, 0.3) is 11.4 Å². The van der Waals surface area contributed by atoms with Crippen LogP contribution in [0.2, 0.25) is 0 Å². The molecule has 0 radical (unpaired) electrons. The van der Waals surface area contributed by atoms with Crippen molar-refractivity contribution in [3.63, 3.8) is 0 Å². The summed E-state index contributed by atoms with van der Waals surface area (Å²) in [6.45, 7) is 4.12. The Morgan fingerprint density at radius 1 is 1.03 bits per heavy atom. The van der Waals surface area contributed by atoms with Crippen LogP contribution in [0.1, 0.15) is 17.0 Å². The summed E-state index contributed by atoms with van der Waals surface area (Å²) in [6, 6.07) is 11.0. The van der Waals surface area contributed by atoms with Gasteiger partial charge in [0.25, 0.3) is 5.91 Å². The van der Waals surface area contributed by atoms with Crippen molar-refractivity contribution in [1.29, 1.82) is 0 Å². The molecule has 158 valence electrons. The quantitative estimate of drug-likeness (QED) is 0.561. The van der Waals surface area contributed by atoms with Crippen molar-refractivity contribution < 1.29 is 23.5 Å². The molecule has 0 aliphatic rings. The van der Waals surface area contributed by atoms with Gasteiger partial charge < -0.3 is 23.6 Å². The fourth-order valence-electron chi connectivity index (χ4n) is 2.76. The monoisotopic (exact) mass is 411 g/mol. The Labute approximate surface area is 175 Å². The molecular formula is C22H25N3O5. The summed E-state index contributed by atoms with van der Waals surface area (Å²) >= 11 is 0. The van der Waals surface area contributed by atoms with Gasteiger partial charge in [0.15, 0.2) is 6.61 Å². The summed E-state index contributed by atoms with van der Waals surface area (Å²) in [5, 5.41) is 4.00. The van der Waals surface area contributed by atoms with E-state index in [2.05, 4.69) is 10.1 Å². The molecule has 3 rings (SSSR count). The average Bonchev–Trinajstić information content (AvgIpc) is 3.21. The molecule has 1 aromatic heterocycles. The second kappa shape index (κ2) is 9.30. The van der Waals surface area contributed by atoms with Crippen LogP contribution in [0, 0.1) is 13.8 Å². The maximum Gasteiger partial charge on any atom is 0.260 e. The molecule has 1 heterocycles. The van der Waals surface area contributed by atoms with Crippen LogP contribution >= 0.6 is 0 Å². The fraction of sp³-hybridized carbons (Fsp3) is 0.318. The number of rotatable bonds is 8. The first-order chi connectivity index (χ1) is 14.4. The standard InChI is InChI=1S/C22H25N3O5/c1-14-6-7-17(10-15(14)2)29-13-21(26)25(3)12-20-23-22(24-30-20)18-9-8-16(27-4)11-19(18)28-5/h6-11H,12-13H2,1-5H3. The van der Waals surface area contributed by atoms with Gasteiger partial charge in [-0.15, -0.1) is 0 Å². The minimum Gasteiger partial charge on any atom is -0.497 e. The molecule has 8 heteroatoms. The van der Waals surface area contributed by atoms with Crippen LogP contribution in [-0.4, -0.2) is 48.8 Å². The molecule has 2 aromatic carbocycles. The predicted molar refractivity (Wildman–Crippen MR) is 111 cm³/mol. The summed E-state index contributed by atoms with van der Waals surface area (Å²) in [5.74, 6) is 2.37. The summed E-state index contributed by atoms with van der Waals surface area (Å²) in [7, 11) is 4.79. The normalized spacial score (nSPS) is 10.6. The number of carbonyl (C=O) groups is 1. The van der Waals surface area contributed by atoms with E-state index in [9.17, 15) is 4.79 Å². The van der Waals surface area contributed by atoms with Crippen molar-refractivity contribution >= 4 is 5.91 Å². The molecular weight excluding hydrogens is 386 g/mol. The lowest BCUT2D eigenvalue weighted by molar-refractivity contribution is -0.132. The second-order valence-electron chi connectivity index (χ2n) is 6.86. The van der Waals surface area contributed by atoms with Gasteiger partial charge in [-0.1, -0.05) is 11.2 Å². The largest absolute Gasteiger partial charge is 0.497 e.